The van der Waals surface area contributed by atoms with Gasteiger partial charge in [0.2, 0.25) is 20.8 Å². The van der Waals surface area contributed by atoms with E-state index >= 15 is 0 Å². The van der Waals surface area contributed by atoms with Gasteiger partial charge in [-0.15, -0.1) is 7.77 Å². The zero-order valence-corrected chi connectivity index (χ0v) is 54.7. The summed E-state index contributed by atoms with van der Waals surface area (Å²) in [6.45, 7) is 37.2. The minimum absolute atomic E-state index is 0.114. The molecule has 0 aliphatic rings. The van der Waals surface area contributed by atoms with Gasteiger partial charge in [-0.2, -0.15) is 30.7 Å². The maximum absolute atomic E-state index is 12.1. The molecule has 0 aromatic rings. The van der Waals surface area contributed by atoms with Gasteiger partial charge in [0.05, 0.1) is 105 Å². The van der Waals surface area contributed by atoms with Crippen molar-refractivity contribution >= 4 is 85.9 Å². The lowest BCUT2D eigenvalue weighted by Gasteiger charge is -2.29. The van der Waals surface area contributed by atoms with E-state index in [-0.39, 0.29) is 13.8 Å². The molecule has 0 N–H and O–H groups in total. The molecule has 0 aliphatic heterocycles. The zero-order chi connectivity index (χ0) is 62.2. The number of ether oxygens (including phenoxy) is 1. The van der Waals surface area contributed by atoms with Crippen LogP contribution in [-0.2, 0) is 78.9 Å². The highest BCUT2D eigenvalue weighted by Gasteiger charge is 2.44. The van der Waals surface area contributed by atoms with E-state index < -0.39 is 102 Å². The van der Waals surface area contributed by atoms with Crippen molar-refractivity contribution in [3.05, 3.63) is 12.4 Å². The third kappa shape index (κ3) is 57.8. The SMILES string of the molecule is CC(F)(F)S(=O)(=O)[N-]S(=O)(=O)C(F)(F)F.CC(F)(F)S(=O)(=O)[N-]S(=O)(=O)F.CC[N+](C)(C)CCOCCO[Si](C)(C)C.CC[N+](C)(C)CCO[Si](C)(C)C.CC[N+](C)(C)CCO[Si](C)(C)C.CS(=O)(=O)[N-]S(=O)(=O)F. The molecule has 0 heterocycles. The summed E-state index contributed by atoms with van der Waals surface area (Å²) in [7, 11) is -23.8. The predicted octanol–water partition coefficient (Wildman–Crippen LogP) is 7.02. The highest BCUT2D eigenvalue weighted by molar-refractivity contribution is 8.13. The second kappa shape index (κ2) is 33.3. The summed E-state index contributed by atoms with van der Waals surface area (Å²) in [5, 5.41) is -9.11. The smallest absolute Gasteiger partial charge is 0.423 e. The van der Waals surface area contributed by atoms with E-state index in [1.54, 1.807) is 0 Å². The summed E-state index contributed by atoms with van der Waals surface area (Å²) in [6, 6.07) is 0. The van der Waals surface area contributed by atoms with Gasteiger partial charge in [0.15, 0.2) is 45.0 Å². The second-order valence-electron chi connectivity index (χ2n) is 20.7. The standard InChI is InChI=1S/C11H28NO2Si.2C9H24NOSi.C3H3F5NO4S2.C2H3F3NO4S2.CH3FNO4S2/c1-7-12(2,3)8-9-13-10-11-14-15(4,5)6;2*1-7-10(2,3)8-9-11-12(4,5)6;1-2(4,5)14(10,11)9-15(12,13)3(6,7)8;1-2(3,4)11(7,8)6-12(5,9)10;1-8(4,5)3-9(2,6)7/h7-11H2,1-6H3;2*7-9H2,1-6H3;1H3;1H3;1H3/q3*+1;3*-1. The third-order valence-electron chi connectivity index (χ3n) is 8.44. The fourth-order valence-corrected chi connectivity index (χ4v) is 9.83. The molecular formula is C35H85F9N6O16S6Si3. The number of hydrogen-bond donors (Lipinski definition) is 0. The van der Waals surface area contributed by atoms with Crippen LogP contribution in [0.2, 0.25) is 58.9 Å². The van der Waals surface area contributed by atoms with Crippen molar-refractivity contribution in [1.29, 1.82) is 0 Å². The largest absolute Gasteiger partial charge is 0.480 e. The Kier molecular flexibility index (Phi) is 38.0. The molecular weight excluding hydrogens is 1210 g/mol. The van der Waals surface area contributed by atoms with E-state index in [1.807, 2.05) is 4.13 Å². The Morgan fingerprint density at radius 3 is 0.853 bits per heavy atom. The summed E-state index contributed by atoms with van der Waals surface area (Å²) in [6.07, 6.45) is 0.476. The molecule has 0 spiro atoms. The summed E-state index contributed by atoms with van der Waals surface area (Å²) in [5.74, 6) is 0. The number of nitrogens with zero attached hydrogens (tertiary/aromatic N) is 6. The Morgan fingerprint density at radius 1 is 0.413 bits per heavy atom. The summed E-state index contributed by atoms with van der Waals surface area (Å²) in [5.41, 5.74) is -6.04. The number of rotatable bonds is 26. The number of halogens is 9. The summed E-state index contributed by atoms with van der Waals surface area (Å²) < 4.78 is 255. The van der Waals surface area contributed by atoms with Gasteiger partial charge in [-0.1, -0.05) is 0 Å². The van der Waals surface area contributed by atoms with Crippen molar-refractivity contribution in [3.63, 3.8) is 0 Å². The van der Waals surface area contributed by atoms with Gasteiger partial charge in [-0.3, -0.25) is 0 Å². The first-order chi connectivity index (χ1) is 32.2. The topological polar surface area (TPSA) is 284 Å². The summed E-state index contributed by atoms with van der Waals surface area (Å²) in [4.78, 5) is 0. The molecule has 75 heavy (non-hydrogen) atoms. The van der Waals surface area contributed by atoms with Crippen LogP contribution < -0.4 is 0 Å². The Morgan fingerprint density at radius 2 is 0.667 bits per heavy atom. The first kappa shape index (κ1) is 85.6. The molecule has 40 heteroatoms. The molecule has 22 nitrogen and oxygen atoms in total. The van der Waals surface area contributed by atoms with Crippen LogP contribution >= 0.6 is 0 Å². The summed E-state index contributed by atoms with van der Waals surface area (Å²) >= 11 is 0. The molecule has 0 aromatic heterocycles. The highest BCUT2D eigenvalue weighted by atomic mass is 32.3. The van der Waals surface area contributed by atoms with E-state index in [1.165, 1.54) is 17.2 Å². The van der Waals surface area contributed by atoms with E-state index in [4.69, 9.17) is 18.0 Å². The fourth-order valence-electron chi connectivity index (χ4n) is 3.07. The lowest BCUT2D eigenvalue weighted by Crippen LogP contribution is -2.43. The molecule has 0 saturated carbocycles. The van der Waals surface area contributed by atoms with E-state index in [0.29, 0.717) is 6.26 Å². The molecule has 0 aliphatic carbocycles. The average molecular weight is 1290 g/mol. The molecule has 462 valence electrons. The molecule has 0 saturated heterocycles. The van der Waals surface area contributed by atoms with Crippen LogP contribution in [0.25, 0.3) is 12.4 Å². The monoisotopic (exact) mass is 1290 g/mol. The Balaban J connectivity index is -0.000000192. The van der Waals surface area contributed by atoms with Crippen LogP contribution in [0.4, 0.5) is 38.5 Å². The second-order valence-corrected chi connectivity index (χ2v) is 43.9. The lowest BCUT2D eigenvalue weighted by molar-refractivity contribution is -0.888. The van der Waals surface area contributed by atoms with Crippen molar-refractivity contribution in [3.8, 4) is 0 Å². The first-order valence-electron chi connectivity index (χ1n) is 22.0. The van der Waals surface area contributed by atoms with Crippen molar-refractivity contribution in [2.45, 2.75) is 110 Å². The van der Waals surface area contributed by atoms with Crippen molar-refractivity contribution in [2.75, 3.05) is 121 Å². The van der Waals surface area contributed by atoms with Crippen LogP contribution in [0.3, 0.4) is 0 Å². The normalized spacial score (nSPS) is 14.0. The van der Waals surface area contributed by atoms with E-state index in [9.17, 15) is 89.0 Å². The molecule has 0 aromatic carbocycles. The molecule has 0 atom stereocenters. The van der Waals surface area contributed by atoms with Crippen LogP contribution in [0.1, 0.15) is 34.6 Å². The zero-order valence-electron chi connectivity index (χ0n) is 46.8. The minimum atomic E-state index is -6.48. The Labute approximate surface area is 446 Å². The van der Waals surface area contributed by atoms with Crippen LogP contribution in [0.5, 0.6) is 0 Å². The third-order valence-corrected chi connectivity index (χ3v) is 18.9. The number of sulfonamides is 4. The Hall–Kier alpha value is -0.679. The van der Waals surface area contributed by atoms with Crippen LogP contribution in [-0.4, -0.2) is 226 Å². The van der Waals surface area contributed by atoms with Gasteiger partial charge < -0.3 is 43.8 Å². The fraction of sp³-hybridized carbons (Fsp3) is 1.00. The predicted molar refractivity (Wildman–Crippen MR) is 280 cm³/mol. The van der Waals surface area contributed by atoms with Gasteiger partial charge in [0.1, 0.15) is 29.7 Å². The number of alkyl halides is 7. The number of quaternary nitrogens is 3. The molecule has 0 rings (SSSR count). The number of likely N-dealkylation sites (N-methyl/N-ethyl adjacent to an activating group) is 3. The van der Waals surface area contributed by atoms with Crippen molar-refractivity contribution in [1.82, 2.24) is 0 Å². The van der Waals surface area contributed by atoms with Crippen molar-refractivity contribution < 1.29 is 120 Å². The molecule has 0 fully saturated rings. The molecule has 0 bridgehead atoms. The average Bonchev–Trinajstić information content (AvgIpc) is 3.08. The molecule has 0 unspecified atom stereocenters. The van der Waals surface area contributed by atoms with Crippen LogP contribution in [0, 0.1) is 0 Å². The Bertz CT molecular complexity index is 2210. The number of hydrogen-bond acceptors (Lipinski definition) is 16. The molecule has 0 radical (unpaired) electrons. The van der Waals surface area contributed by atoms with Gasteiger partial charge in [0, 0.05) is 20.1 Å². The van der Waals surface area contributed by atoms with Crippen molar-refractivity contribution in [2.24, 2.45) is 0 Å². The van der Waals surface area contributed by atoms with E-state index in [0.717, 1.165) is 76.8 Å². The van der Waals surface area contributed by atoms with Gasteiger partial charge in [-0.25, -0.2) is 50.5 Å². The highest BCUT2D eigenvalue weighted by Crippen LogP contribution is 2.35. The van der Waals surface area contributed by atoms with Gasteiger partial charge in [-0.05, 0) is 79.7 Å². The quantitative estimate of drug-likeness (QED) is 0.0276. The maximum Gasteiger partial charge on any atom is 0.480 e. The van der Waals surface area contributed by atoms with Crippen LogP contribution in [0.15, 0.2) is 0 Å². The van der Waals surface area contributed by atoms with Gasteiger partial charge >= 0.3 is 16.0 Å². The first-order valence-corrected chi connectivity index (χ1v) is 41.1. The minimum Gasteiger partial charge on any atom is -0.423 e. The van der Waals surface area contributed by atoms with Gasteiger partial charge in [0.25, 0.3) is 0 Å². The lowest BCUT2D eigenvalue weighted by atomic mass is 10.4. The molecule has 0 amide bonds. The van der Waals surface area contributed by atoms with E-state index in [2.05, 4.69) is 122 Å². The maximum atomic E-state index is 12.1.